The van der Waals surface area contributed by atoms with Crippen LogP contribution in [0.5, 0.6) is 0 Å². The molecule has 1 rings (SSSR count). The Morgan fingerprint density at radius 3 is 2.82 bits per heavy atom. The molecule has 0 spiro atoms. The summed E-state index contributed by atoms with van der Waals surface area (Å²) in [6.45, 7) is -1.49. The van der Waals surface area contributed by atoms with Crippen molar-refractivity contribution in [3.8, 4) is 0 Å². The van der Waals surface area contributed by atoms with Crippen molar-refractivity contribution in [1.29, 1.82) is 0 Å². The van der Waals surface area contributed by atoms with Crippen LogP contribution in [0.1, 0.15) is 12.1 Å². The van der Waals surface area contributed by atoms with E-state index in [9.17, 15) is 13.6 Å². The second-order valence-corrected chi connectivity index (χ2v) is 3.66. The molecule has 0 aromatic carbocycles. The van der Waals surface area contributed by atoms with Gasteiger partial charge in [-0.2, -0.15) is 0 Å². The van der Waals surface area contributed by atoms with Crippen LogP contribution < -0.4 is 11.1 Å². The molecule has 0 atom stereocenters. The van der Waals surface area contributed by atoms with E-state index in [0.29, 0.717) is 6.42 Å². The number of nitrogens with one attached hydrogen (secondary N) is 1. The Morgan fingerprint density at radius 2 is 2.24 bits per heavy atom. The maximum Gasteiger partial charge on any atom is 0.277 e. The van der Waals surface area contributed by atoms with Gasteiger partial charge in [0.05, 0.1) is 13.1 Å². The molecular formula is C11H15F2N3O. The average Bonchev–Trinajstić information content (AvgIpc) is 2.35. The fourth-order valence-electron chi connectivity index (χ4n) is 1.18. The number of halogens is 2. The molecule has 0 saturated carbocycles. The predicted octanol–water partition coefficient (Wildman–Crippen LogP) is 0.724. The molecule has 0 aliphatic carbocycles. The van der Waals surface area contributed by atoms with Crippen molar-refractivity contribution in [2.45, 2.75) is 18.8 Å². The molecule has 6 heteroatoms. The molecule has 3 N–H and O–H groups in total. The largest absolute Gasteiger partial charge is 0.350 e. The van der Waals surface area contributed by atoms with E-state index in [2.05, 4.69) is 10.3 Å². The molecule has 1 amide bonds. The van der Waals surface area contributed by atoms with Gasteiger partial charge >= 0.3 is 0 Å². The monoisotopic (exact) mass is 243 g/mol. The molecule has 1 heterocycles. The van der Waals surface area contributed by atoms with E-state index in [1.165, 1.54) is 0 Å². The fourth-order valence-corrected chi connectivity index (χ4v) is 1.18. The lowest BCUT2D eigenvalue weighted by Gasteiger charge is -2.14. The fraction of sp³-hybridized carbons (Fsp3) is 0.455. The molecule has 0 saturated heterocycles. The number of carbonyl (C=O) groups excluding carboxylic acids is 1. The lowest BCUT2D eigenvalue weighted by molar-refractivity contribution is -0.122. The Labute approximate surface area is 98.2 Å². The maximum atomic E-state index is 12.7. The van der Waals surface area contributed by atoms with E-state index < -0.39 is 24.9 Å². The van der Waals surface area contributed by atoms with Crippen LogP contribution in [-0.2, 0) is 11.2 Å². The number of hydrogen-bond acceptors (Lipinski definition) is 3. The Kier molecular flexibility index (Phi) is 4.96. The molecule has 0 aliphatic heterocycles. The Morgan fingerprint density at radius 1 is 1.47 bits per heavy atom. The lowest BCUT2D eigenvalue weighted by atomic mass is 10.2. The number of aryl methyl sites for hydroxylation is 1. The van der Waals surface area contributed by atoms with Crippen molar-refractivity contribution in [3.63, 3.8) is 0 Å². The summed E-state index contributed by atoms with van der Waals surface area (Å²) < 4.78 is 25.4. The molecule has 94 valence electrons. The number of carbonyl (C=O) groups is 1. The highest BCUT2D eigenvalue weighted by Gasteiger charge is 2.26. The Balaban J connectivity index is 2.27. The second-order valence-electron chi connectivity index (χ2n) is 3.66. The molecule has 0 bridgehead atoms. The summed E-state index contributed by atoms with van der Waals surface area (Å²) in [6, 6.07) is 5.36. The minimum atomic E-state index is -3.04. The number of alkyl halides is 2. The topological polar surface area (TPSA) is 68.0 Å². The third-order valence-corrected chi connectivity index (χ3v) is 2.18. The third kappa shape index (κ3) is 5.35. The van der Waals surface area contributed by atoms with Crippen molar-refractivity contribution in [1.82, 2.24) is 10.3 Å². The summed E-state index contributed by atoms with van der Waals surface area (Å²) in [5.41, 5.74) is 5.60. The molecule has 17 heavy (non-hydrogen) atoms. The highest BCUT2D eigenvalue weighted by atomic mass is 19.3. The van der Waals surface area contributed by atoms with Crippen LogP contribution in [0.15, 0.2) is 24.4 Å². The van der Waals surface area contributed by atoms with E-state index in [0.717, 1.165) is 5.69 Å². The first kappa shape index (κ1) is 13.5. The van der Waals surface area contributed by atoms with E-state index in [1.54, 1.807) is 18.3 Å². The van der Waals surface area contributed by atoms with Gasteiger partial charge in [0.25, 0.3) is 5.92 Å². The van der Waals surface area contributed by atoms with E-state index in [4.69, 9.17) is 5.73 Å². The lowest BCUT2D eigenvalue weighted by Crippen LogP contribution is -2.41. The Bertz CT molecular complexity index is 357. The zero-order valence-electron chi connectivity index (χ0n) is 9.33. The second kappa shape index (κ2) is 6.24. The van der Waals surface area contributed by atoms with Crippen molar-refractivity contribution < 1.29 is 13.6 Å². The predicted molar refractivity (Wildman–Crippen MR) is 59.6 cm³/mol. The highest BCUT2D eigenvalue weighted by molar-refractivity contribution is 5.76. The van der Waals surface area contributed by atoms with Crippen molar-refractivity contribution >= 4 is 5.91 Å². The van der Waals surface area contributed by atoms with Gasteiger partial charge < -0.3 is 11.1 Å². The number of aromatic nitrogens is 1. The first-order chi connectivity index (χ1) is 8.03. The standard InChI is InChI=1S/C11H15F2N3O/c12-11(13,7-14)8-16-10(17)5-4-9-3-1-2-6-15-9/h1-3,6H,4-5,7-8,14H2,(H,16,17). The quantitative estimate of drug-likeness (QED) is 0.773. The summed E-state index contributed by atoms with van der Waals surface area (Å²) in [6.07, 6.45) is 2.19. The van der Waals surface area contributed by atoms with E-state index >= 15 is 0 Å². The van der Waals surface area contributed by atoms with Crippen LogP contribution in [-0.4, -0.2) is 29.9 Å². The SMILES string of the molecule is NCC(F)(F)CNC(=O)CCc1ccccn1. The first-order valence-corrected chi connectivity index (χ1v) is 5.28. The number of nitrogens with two attached hydrogens (primary N) is 1. The van der Waals surface area contributed by atoms with Crippen LogP contribution in [0.4, 0.5) is 8.78 Å². The normalized spacial score (nSPS) is 11.2. The number of rotatable bonds is 6. The van der Waals surface area contributed by atoms with Crippen LogP contribution >= 0.6 is 0 Å². The summed E-state index contributed by atoms with van der Waals surface area (Å²) in [7, 11) is 0. The van der Waals surface area contributed by atoms with Gasteiger partial charge in [0.2, 0.25) is 5.91 Å². The van der Waals surface area contributed by atoms with E-state index in [-0.39, 0.29) is 6.42 Å². The molecule has 1 aromatic heterocycles. The average molecular weight is 243 g/mol. The summed E-state index contributed by atoms with van der Waals surface area (Å²) >= 11 is 0. The zero-order chi connectivity index (χ0) is 12.7. The Hall–Kier alpha value is -1.56. The van der Waals surface area contributed by atoms with Gasteiger partial charge in [0, 0.05) is 18.3 Å². The molecular weight excluding hydrogens is 228 g/mol. The number of nitrogens with zero attached hydrogens (tertiary/aromatic N) is 1. The number of amides is 1. The van der Waals surface area contributed by atoms with Gasteiger partial charge in [-0.3, -0.25) is 9.78 Å². The minimum absolute atomic E-state index is 0.137. The van der Waals surface area contributed by atoms with Crippen molar-refractivity contribution in [2.75, 3.05) is 13.1 Å². The molecule has 0 fully saturated rings. The smallest absolute Gasteiger partial charge is 0.277 e. The van der Waals surface area contributed by atoms with Crippen LogP contribution in [0, 0.1) is 0 Å². The number of hydrogen-bond donors (Lipinski definition) is 2. The molecule has 1 aromatic rings. The molecule has 0 radical (unpaired) electrons. The van der Waals surface area contributed by atoms with Gasteiger partial charge in [0.1, 0.15) is 0 Å². The highest BCUT2D eigenvalue weighted by Crippen LogP contribution is 2.08. The maximum absolute atomic E-state index is 12.7. The van der Waals surface area contributed by atoms with Crippen LogP contribution in [0.2, 0.25) is 0 Å². The van der Waals surface area contributed by atoms with Gasteiger partial charge in [0.15, 0.2) is 0 Å². The van der Waals surface area contributed by atoms with Gasteiger partial charge in [-0.05, 0) is 18.6 Å². The van der Waals surface area contributed by atoms with Gasteiger partial charge in [-0.15, -0.1) is 0 Å². The summed E-state index contributed by atoms with van der Waals surface area (Å²) in [4.78, 5) is 15.3. The van der Waals surface area contributed by atoms with E-state index in [1.807, 2.05) is 6.07 Å². The summed E-state index contributed by atoms with van der Waals surface area (Å²) in [5.74, 6) is -3.47. The molecule has 0 unspecified atom stereocenters. The van der Waals surface area contributed by atoms with Gasteiger partial charge in [-0.25, -0.2) is 8.78 Å². The number of pyridine rings is 1. The summed E-state index contributed by atoms with van der Waals surface area (Å²) in [5, 5.41) is 2.15. The molecule has 0 aliphatic rings. The van der Waals surface area contributed by atoms with Crippen molar-refractivity contribution in [3.05, 3.63) is 30.1 Å². The first-order valence-electron chi connectivity index (χ1n) is 5.28. The third-order valence-electron chi connectivity index (χ3n) is 2.18. The molecule has 4 nitrogen and oxygen atoms in total. The zero-order valence-corrected chi connectivity index (χ0v) is 9.33. The van der Waals surface area contributed by atoms with Gasteiger partial charge in [-0.1, -0.05) is 6.07 Å². The van der Waals surface area contributed by atoms with Crippen LogP contribution in [0.3, 0.4) is 0 Å². The minimum Gasteiger partial charge on any atom is -0.350 e. The van der Waals surface area contributed by atoms with Crippen LogP contribution in [0.25, 0.3) is 0 Å². The van der Waals surface area contributed by atoms with Crippen molar-refractivity contribution in [2.24, 2.45) is 5.73 Å².